The van der Waals surface area contributed by atoms with Crippen molar-refractivity contribution in [3.63, 3.8) is 0 Å². The average molecular weight is 238 g/mol. The molecule has 2 heteroatoms. The maximum atomic E-state index is 3.52. The molecule has 1 unspecified atom stereocenters. The van der Waals surface area contributed by atoms with Gasteiger partial charge in [0.1, 0.15) is 0 Å². The van der Waals surface area contributed by atoms with E-state index in [1.54, 1.807) is 0 Å². The van der Waals surface area contributed by atoms with Crippen molar-refractivity contribution in [3.8, 4) is 0 Å². The molecule has 0 aromatic carbocycles. The van der Waals surface area contributed by atoms with Gasteiger partial charge in [0.05, 0.1) is 0 Å². The van der Waals surface area contributed by atoms with Crippen LogP contribution in [0.4, 0.5) is 0 Å². The molecule has 2 heterocycles. The molecule has 0 bridgehead atoms. The molecule has 0 aromatic rings. The summed E-state index contributed by atoms with van der Waals surface area (Å²) in [6.45, 7) is 8.95. The fourth-order valence-corrected chi connectivity index (χ4v) is 3.39. The third-order valence-corrected chi connectivity index (χ3v) is 4.77. The largest absolute Gasteiger partial charge is 0.316 e. The maximum Gasteiger partial charge on any atom is -0.00161 e. The zero-order chi connectivity index (χ0) is 11.9. The molecule has 1 N–H and O–H groups in total. The van der Waals surface area contributed by atoms with E-state index < -0.39 is 0 Å². The van der Waals surface area contributed by atoms with E-state index in [4.69, 9.17) is 0 Å². The maximum absolute atomic E-state index is 3.52. The Bertz CT molecular complexity index is 191. The van der Waals surface area contributed by atoms with Gasteiger partial charge in [-0.2, -0.15) is 0 Å². The van der Waals surface area contributed by atoms with Gasteiger partial charge in [0, 0.05) is 0 Å². The lowest BCUT2D eigenvalue weighted by atomic mass is 9.93. The van der Waals surface area contributed by atoms with Gasteiger partial charge in [0.15, 0.2) is 0 Å². The molecule has 2 fully saturated rings. The van der Waals surface area contributed by atoms with Crippen LogP contribution in [0.25, 0.3) is 0 Å². The predicted molar refractivity (Wildman–Crippen MR) is 74.3 cm³/mol. The Labute approximate surface area is 107 Å². The minimum Gasteiger partial charge on any atom is -0.316 e. The van der Waals surface area contributed by atoms with Crippen molar-refractivity contribution < 1.29 is 0 Å². The first-order valence-corrected chi connectivity index (χ1v) is 7.81. The van der Waals surface area contributed by atoms with Crippen molar-refractivity contribution in [1.29, 1.82) is 0 Å². The van der Waals surface area contributed by atoms with Crippen LogP contribution in [0.5, 0.6) is 0 Å². The summed E-state index contributed by atoms with van der Waals surface area (Å²) in [5.74, 6) is 1.99. The van der Waals surface area contributed by atoms with Crippen LogP contribution < -0.4 is 5.32 Å². The Morgan fingerprint density at radius 1 is 1.12 bits per heavy atom. The molecule has 0 radical (unpaired) electrons. The van der Waals surface area contributed by atoms with Gasteiger partial charge < -0.3 is 10.2 Å². The van der Waals surface area contributed by atoms with E-state index in [-0.39, 0.29) is 0 Å². The molecule has 2 aliphatic rings. The third kappa shape index (κ3) is 4.59. The third-order valence-electron chi connectivity index (χ3n) is 4.77. The molecule has 0 amide bonds. The molecule has 0 saturated carbocycles. The van der Waals surface area contributed by atoms with E-state index in [9.17, 15) is 0 Å². The van der Waals surface area contributed by atoms with E-state index >= 15 is 0 Å². The first kappa shape index (κ1) is 13.4. The van der Waals surface area contributed by atoms with Crippen molar-refractivity contribution in [2.24, 2.45) is 11.8 Å². The summed E-state index contributed by atoms with van der Waals surface area (Å²) in [6, 6.07) is 0. The van der Waals surface area contributed by atoms with Gasteiger partial charge in [-0.25, -0.2) is 0 Å². The van der Waals surface area contributed by atoms with Crippen LogP contribution in [-0.2, 0) is 0 Å². The lowest BCUT2D eigenvalue weighted by Gasteiger charge is -2.32. The Balaban J connectivity index is 1.53. The first-order valence-electron chi connectivity index (χ1n) is 7.81. The molecule has 1 atom stereocenters. The molecular weight excluding hydrogens is 208 g/mol. The topological polar surface area (TPSA) is 15.3 Å². The van der Waals surface area contributed by atoms with Crippen LogP contribution in [0.1, 0.15) is 51.9 Å². The number of nitrogens with one attached hydrogen (secondary N) is 1. The summed E-state index contributed by atoms with van der Waals surface area (Å²) in [4.78, 5) is 2.70. The Morgan fingerprint density at radius 3 is 2.59 bits per heavy atom. The van der Waals surface area contributed by atoms with E-state index in [2.05, 4.69) is 17.1 Å². The van der Waals surface area contributed by atoms with Gasteiger partial charge in [-0.3, -0.25) is 0 Å². The number of piperidine rings is 2. The fourth-order valence-electron chi connectivity index (χ4n) is 3.39. The Kier molecular flexibility index (Phi) is 5.79. The number of hydrogen-bond donors (Lipinski definition) is 1. The zero-order valence-electron chi connectivity index (χ0n) is 11.6. The van der Waals surface area contributed by atoms with Crippen molar-refractivity contribution in [2.75, 3.05) is 32.7 Å². The summed E-state index contributed by atoms with van der Waals surface area (Å²) < 4.78 is 0. The second kappa shape index (κ2) is 7.38. The number of likely N-dealkylation sites (tertiary alicyclic amines) is 1. The van der Waals surface area contributed by atoms with Crippen LogP contribution in [0, 0.1) is 11.8 Å². The van der Waals surface area contributed by atoms with E-state index in [0.29, 0.717) is 0 Å². The Hall–Kier alpha value is -0.0800. The smallest absolute Gasteiger partial charge is 0.00161 e. The molecule has 2 aliphatic heterocycles. The summed E-state index contributed by atoms with van der Waals surface area (Å²) in [5, 5.41) is 3.52. The minimum absolute atomic E-state index is 0.969. The van der Waals surface area contributed by atoms with Crippen LogP contribution in [0.15, 0.2) is 0 Å². The monoisotopic (exact) mass is 238 g/mol. The van der Waals surface area contributed by atoms with Gasteiger partial charge in [-0.15, -0.1) is 0 Å². The first-order chi connectivity index (χ1) is 8.38. The summed E-state index contributed by atoms with van der Waals surface area (Å²) in [5.41, 5.74) is 0. The standard InChI is InChI=1S/C15H30N2/c1-2-14-7-11-17(12-8-14)10-4-6-15-5-3-9-16-13-15/h14-16H,2-13H2,1H3. The van der Waals surface area contributed by atoms with E-state index in [1.807, 2.05) is 0 Å². The highest BCUT2D eigenvalue weighted by atomic mass is 15.1. The highest BCUT2D eigenvalue weighted by Crippen LogP contribution is 2.21. The summed E-state index contributed by atoms with van der Waals surface area (Å²) in [6.07, 6.45) is 10.0. The number of hydrogen-bond acceptors (Lipinski definition) is 2. The van der Waals surface area contributed by atoms with Crippen LogP contribution in [-0.4, -0.2) is 37.6 Å². The Morgan fingerprint density at radius 2 is 1.94 bits per heavy atom. The molecule has 0 spiro atoms. The van der Waals surface area contributed by atoms with Crippen molar-refractivity contribution in [3.05, 3.63) is 0 Å². The second-order valence-electron chi connectivity index (χ2n) is 6.05. The van der Waals surface area contributed by atoms with Gasteiger partial charge in [0.25, 0.3) is 0 Å². The quantitative estimate of drug-likeness (QED) is 0.792. The summed E-state index contributed by atoms with van der Waals surface area (Å²) in [7, 11) is 0. The molecule has 100 valence electrons. The normalized spacial score (nSPS) is 28.4. The molecule has 17 heavy (non-hydrogen) atoms. The number of nitrogens with zero attached hydrogens (tertiary/aromatic N) is 1. The zero-order valence-corrected chi connectivity index (χ0v) is 11.6. The van der Waals surface area contributed by atoms with E-state index in [1.165, 1.54) is 77.7 Å². The van der Waals surface area contributed by atoms with Crippen LogP contribution in [0.3, 0.4) is 0 Å². The van der Waals surface area contributed by atoms with Crippen molar-refractivity contribution >= 4 is 0 Å². The van der Waals surface area contributed by atoms with Gasteiger partial charge >= 0.3 is 0 Å². The SMILES string of the molecule is CCC1CCN(CCCC2CCCNC2)CC1. The number of rotatable bonds is 5. The predicted octanol–water partition coefficient (Wildman–Crippen LogP) is 2.89. The molecule has 0 aliphatic carbocycles. The fraction of sp³-hybridized carbons (Fsp3) is 1.00. The molecule has 0 aromatic heterocycles. The molecule has 2 nitrogen and oxygen atoms in total. The highest BCUT2D eigenvalue weighted by molar-refractivity contribution is 4.73. The van der Waals surface area contributed by atoms with Crippen molar-refractivity contribution in [2.45, 2.75) is 51.9 Å². The molecule has 2 rings (SSSR count). The summed E-state index contributed by atoms with van der Waals surface area (Å²) >= 11 is 0. The molecule has 2 saturated heterocycles. The van der Waals surface area contributed by atoms with Gasteiger partial charge in [-0.1, -0.05) is 13.3 Å². The van der Waals surface area contributed by atoms with Crippen molar-refractivity contribution in [1.82, 2.24) is 10.2 Å². The average Bonchev–Trinajstić information content (AvgIpc) is 2.41. The van der Waals surface area contributed by atoms with Crippen LogP contribution in [0.2, 0.25) is 0 Å². The second-order valence-corrected chi connectivity index (χ2v) is 6.05. The van der Waals surface area contributed by atoms with Gasteiger partial charge in [0.2, 0.25) is 0 Å². The minimum atomic E-state index is 0.969. The highest BCUT2D eigenvalue weighted by Gasteiger charge is 2.18. The lowest BCUT2D eigenvalue weighted by molar-refractivity contribution is 0.175. The van der Waals surface area contributed by atoms with E-state index in [0.717, 1.165) is 11.8 Å². The van der Waals surface area contributed by atoms with Crippen LogP contribution >= 0.6 is 0 Å². The lowest BCUT2D eigenvalue weighted by Crippen LogP contribution is -2.35. The van der Waals surface area contributed by atoms with Gasteiger partial charge in [-0.05, 0) is 83.1 Å². The molecular formula is C15H30N2.